The number of carboxylic acid groups (broad SMARTS) is 1. The van der Waals surface area contributed by atoms with Crippen molar-refractivity contribution in [3.63, 3.8) is 0 Å². The van der Waals surface area contributed by atoms with Crippen LogP contribution in [0, 0.1) is 0 Å². The van der Waals surface area contributed by atoms with Gasteiger partial charge in [0.15, 0.2) is 12.7 Å². The molecule has 18 heteroatoms. The molecule has 0 aliphatic rings. The van der Waals surface area contributed by atoms with E-state index in [1.54, 1.807) is 85.9 Å². The van der Waals surface area contributed by atoms with E-state index in [9.17, 15) is 14.4 Å². The Balaban J connectivity index is 0.000000201. The molecule has 1 atom stereocenters. The number of rotatable bonds is 11. The molecule has 0 aliphatic carbocycles. The van der Waals surface area contributed by atoms with Gasteiger partial charge in [0.2, 0.25) is 5.89 Å². The highest BCUT2D eigenvalue weighted by Crippen LogP contribution is 2.35. The van der Waals surface area contributed by atoms with Crippen molar-refractivity contribution < 1.29 is 42.8 Å². The lowest BCUT2D eigenvalue weighted by atomic mass is 9.97. The summed E-state index contributed by atoms with van der Waals surface area (Å²) in [5.74, 6) is 0.731. The molecule has 6 rings (SSSR count). The predicted molar refractivity (Wildman–Crippen MR) is 232 cm³/mol. The molecule has 2 aromatic heterocycles. The third-order valence-electron chi connectivity index (χ3n) is 7.60. The van der Waals surface area contributed by atoms with Gasteiger partial charge in [0.25, 0.3) is 0 Å². The molecular weight excluding hydrogens is 884 g/mol. The van der Waals surface area contributed by atoms with Gasteiger partial charge in [0.05, 0.1) is 39.0 Å². The van der Waals surface area contributed by atoms with Gasteiger partial charge in [-0.3, -0.25) is 4.98 Å². The van der Waals surface area contributed by atoms with Crippen LogP contribution in [0.3, 0.4) is 0 Å². The molecule has 0 saturated heterocycles. The first-order valence-corrected chi connectivity index (χ1v) is 19.8. The van der Waals surface area contributed by atoms with Gasteiger partial charge in [-0.25, -0.2) is 14.4 Å². The SMILES string of the molecule is CC(C)Oc1cc(-n2nc(C(C)(C)C)oc2=O)c(Cl)cc1Cl.COC(=O)C(C)Oc1ccc(Oc2ccc(Cl)cc2Cl)cc1.O=C(O)COc1ccc(Cl)c2cccnc12. The van der Waals surface area contributed by atoms with Crippen LogP contribution in [-0.2, 0) is 19.7 Å². The Labute approximate surface area is 370 Å². The monoisotopic (exact) mass is 921 g/mol. The van der Waals surface area contributed by atoms with Crippen molar-refractivity contribution in [3.8, 4) is 34.4 Å². The third-order valence-corrected chi connectivity index (χ3v) is 9.06. The van der Waals surface area contributed by atoms with Crippen LogP contribution in [0.1, 0.15) is 47.4 Å². The number of pyridine rings is 1. The number of carboxylic acids is 1. The van der Waals surface area contributed by atoms with E-state index in [1.165, 1.54) is 13.2 Å². The van der Waals surface area contributed by atoms with E-state index in [2.05, 4.69) is 14.8 Å². The number of aliphatic carboxylic acids is 1. The summed E-state index contributed by atoms with van der Waals surface area (Å²) in [5.41, 5.74) is 0.544. The average Bonchev–Trinajstić information content (AvgIpc) is 3.59. The number of carbonyl (C=O) groups excluding carboxylic acids is 1. The third kappa shape index (κ3) is 13.4. The molecular formula is C42H40Cl5N3O10. The fraction of sp³-hybridized carbons (Fsp3) is 0.262. The highest BCUT2D eigenvalue weighted by Gasteiger charge is 2.24. The smallest absolute Gasteiger partial charge is 0.442 e. The zero-order valence-electron chi connectivity index (χ0n) is 33.3. The highest BCUT2D eigenvalue weighted by atomic mass is 35.5. The van der Waals surface area contributed by atoms with Gasteiger partial charge in [0.1, 0.15) is 34.3 Å². The lowest BCUT2D eigenvalue weighted by molar-refractivity contribution is -0.148. The molecule has 2 heterocycles. The second-order valence-electron chi connectivity index (χ2n) is 13.8. The minimum Gasteiger partial charge on any atom is -0.489 e. The second-order valence-corrected chi connectivity index (χ2v) is 15.9. The van der Waals surface area contributed by atoms with Crippen molar-refractivity contribution in [2.75, 3.05) is 13.7 Å². The van der Waals surface area contributed by atoms with E-state index in [-0.39, 0.29) is 16.5 Å². The van der Waals surface area contributed by atoms with E-state index < -0.39 is 30.4 Å². The average molecular weight is 924 g/mol. The summed E-state index contributed by atoms with van der Waals surface area (Å²) in [5, 5.41) is 15.7. The van der Waals surface area contributed by atoms with Gasteiger partial charge in [-0.1, -0.05) is 78.8 Å². The van der Waals surface area contributed by atoms with Gasteiger partial charge in [-0.2, -0.15) is 4.68 Å². The number of nitrogens with zero attached hydrogens (tertiary/aromatic N) is 3. The van der Waals surface area contributed by atoms with Crippen LogP contribution in [0.2, 0.25) is 25.1 Å². The fourth-order valence-corrected chi connectivity index (χ4v) is 5.99. The van der Waals surface area contributed by atoms with Crippen LogP contribution in [0.4, 0.5) is 0 Å². The van der Waals surface area contributed by atoms with Crippen LogP contribution < -0.4 is 24.7 Å². The summed E-state index contributed by atoms with van der Waals surface area (Å²) < 4.78 is 32.7. The quantitative estimate of drug-likeness (QED) is 0.123. The minimum atomic E-state index is -1.03. The molecule has 0 fully saturated rings. The second kappa shape index (κ2) is 21.4. The molecule has 0 amide bonds. The van der Waals surface area contributed by atoms with Gasteiger partial charge < -0.3 is 33.2 Å². The minimum absolute atomic E-state index is 0.0642. The molecule has 0 bridgehead atoms. The molecule has 0 spiro atoms. The normalized spacial score (nSPS) is 11.4. The van der Waals surface area contributed by atoms with Crippen molar-refractivity contribution in [1.82, 2.24) is 14.8 Å². The number of hydrogen-bond acceptors (Lipinski definition) is 11. The number of aromatic nitrogens is 3. The molecule has 318 valence electrons. The van der Waals surface area contributed by atoms with E-state index in [4.69, 9.17) is 86.5 Å². The molecule has 1 N–H and O–H groups in total. The largest absolute Gasteiger partial charge is 0.489 e. The van der Waals surface area contributed by atoms with Crippen LogP contribution in [-0.4, -0.2) is 57.7 Å². The first-order chi connectivity index (χ1) is 28.3. The molecule has 0 saturated carbocycles. The molecule has 0 aliphatic heterocycles. The number of ether oxygens (including phenoxy) is 5. The van der Waals surface area contributed by atoms with E-state index in [0.717, 1.165) is 10.1 Å². The Morgan fingerprint density at radius 1 is 0.800 bits per heavy atom. The Bertz CT molecular complexity index is 2480. The van der Waals surface area contributed by atoms with Crippen molar-refractivity contribution in [3.05, 3.63) is 127 Å². The van der Waals surface area contributed by atoms with E-state index in [1.807, 2.05) is 34.6 Å². The molecule has 13 nitrogen and oxygen atoms in total. The lowest BCUT2D eigenvalue weighted by Crippen LogP contribution is -2.24. The predicted octanol–water partition coefficient (Wildman–Crippen LogP) is 11.3. The van der Waals surface area contributed by atoms with Crippen LogP contribution >= 0.6 is 58.0 Å². The maximum Gasteiger partial charge on any atom is 0.442 e. The van der Waals surface area contributed by atoms with Crippen molar-refractivity contribution in [2.45, 2.75) is 59.2 Å². The number of methoxy groups -OCH3 is 1. The van der Waals surface area contributed by atoms with E-state index in [0.29, 0.717) is 65.9 Å². The Kier molecular flexibility index (Phi) is 16.9. The summed E-state index contributed by atoms with van der Waals surface area (Å²) in [4.78, 5) is 37.9. The van der Waals surface area contributed by atoms with Gasteiger partial charge in [-0.15, -0.1) is 5.10 Å². The topological polar surface area (TPSA) is 161 Å². The number of benzene rings is 4. The number of hydrogen-bond donors (Lipinski definition) is 1. The molecule has 60 heavy (non-hydrogen) atoms. The number of esters is 1. The fourth-order valence-electron chi connectivity index (χ4n) is 4.82. The maximum atomic E-state index is 12.1. The standard InChI is InChI=1S/C16H14Cl2O4.C15H18Cl2N2O3.C11H8ClNO3/c1-10(16(19)20-2)21-12-4-6-13(7-5-12)22-15-8-3-11(17)9-14(15)18;1-8(2)21-12-7-11(9(16)6-10(12)17)19-14(20)22-13(18-19)15(3,4)5;12-8-3-4-9(16-6-10(14)15)11-7(8)2-1-5-13-11/h3-10H,1-2H3;6-8H,1-5H3;1-5H,6H2,(H,14,15). The molecule has 1 unspecified atom stereocenters. The van der Waals surface area contributed by atoms with Crippen molar-refractivity contribution >= 4 is 80.8 Å². The van der Waals surface area contributed by atoms with E-state index >= 15 is 0 Å². The summed E-state index contributed by atoms with van der Waals surface area (Å²) in [7, 11) is 1.31. The van der Waals surface area contributed by atoms with Gasteiger partial charge in [-0.05, 0) is 93.6 Å². The van der Waals surface area contributed by atoms with Crippen LogP contribution in [0.5, 0.6) is 28.7 Å². The van der Waals surface area contributed by atoms with Crippen molar-refractivity contribution in [1.29, 1.82) is 0 Å². The van der Waals surface area contributed by atoms with Gasteiger partial charge >= 0.3 is 17.7 Å². The number of carbonyl (C=O) groups is 2. The zero-order valence-corrected chi connectivity index (χ0v) is 37.1. The molecule has 4 aromatic carbocycles. The summed E-state index contributed by atoms with van der Waals surface area (Å²) in [6.45, 7) is 10.7. The summed E-state index contributed by atoms with van der Waals surface area (Å²) >= 11 is 30.2. The van der Waals surface area contributed by atoms with Crippen LogP contribution in [0.25, 0.3) is 16.6 Å². The first kappa shape index (κ1) is 47.5. The lowest BCUT2D eigenvalue weighted by Gasteiger charge is -2.13. The zero-order chi connectivity index (χ0) is 44.3. The van der Waals surface area contributed by atoms with Crippen LogP contribution in [0.15, 0.2) is 94.3 Å². The number of halogens is 5. The highest BCUT2D eigenvalue weighted by molar-refractivity contribution is 6.37. The molecule has 6 aromatic rings. The molecule has 0 radical (unpaired) electrons. The first-order valence-electron chi connectivity index (χ1n) is 17.9. The van der Waals surface area contributed by atoms with Gasteiger partial charge in [0, 0.05) is 28.1 Å². The Hall–Kier alpha value is -5.18. The maximum absolute atomic E-state index is 12.1. The summed E-state index contributed by atoms with van der Waals surface area (Å²) in [6, 6.07) is 21.7. The number of fused-ring (bicyclic) bond motifs is 1. The van der Waals surface area contributed by atoms with Crippen molar-refractivity contribution in [2.24, 2.45) is 0 Å². The Morgan fingerprint density at radius 3 is 2.05 bits per heavy atom. The summed E-state index contributed by atoms with van der Waals surface area (Å²) in [6.07, 6.45) is 0.861. The Morgan fingerprint density at radius 2 is 1.45 bits per heavy atom.